The van der Waals surface area contributed by atoms with Crippen LogP contribution in [0.3, 0.4) is 0 Å². The van der Waals surface area contributed by atoms with Gasteiger partial charge in [-0.25, -0.2) is 0 Å². The van der Waals surface area contributed by atoms with E-state index in [0.717, 1.165) is 10.9 Å². The highest BCUT2D eigenvalue weighted by atomic mass is 16.5. The number of carbonyl (C=O) groups excluding carboxylic acids is 2. The van der Waals surface area contributed by atoms with Crippen molar-refractivity contribution >= 4 is 22.3 Å². The van der Waals surface area contributed by atoms with Gasteiger partial charge in [0.2, 0.25) is 0 Å². The fraction of sp³-hybridized carbons (Fsp3) is 0.100. The van der Waals surface area contributed by atoms with E-state index in [-0.39, 0.29) is 28.4 Å². The van der Waals surface area contributed by atoms with Crippen LogP contribution in [-0.2, 0) is 0 Å². The maximum atomic E-state index is 13.1. The number of fused-ring (bicyclic) bond motifs is 4. The Morgan fingerprint density at radius 3 is 2.38 bits per heavy atom. The summed E-state index contributed by atoms with van der Waals surface area (Å²) in [5, 5.41) is 11.5. The molecule has 3 aromatic rings. The molecule has 0 fully saturated rings. The van der Waals surface area contributed by atoms with Crippen molar-refractivity contribution in [3.63, 3.8) is 0 Å². The molecule has 0 aliphatic heterocycles. The molecule has 1 N–H and O–H groups in total. The molecule has 4 heteroatoms. The molecular formula is C20H14O4. The maximum Gasteiger partial charge on any atom is 0.198 e. The molecule has 1 aliphatic rings. The molecule has 0 unspecified atom stereocenters. The van der Waals surface area contributed by atoms with Gasteiger partial charge in [0.15, 0.2) is 11.6 Å². The molecule has 1 aliphatic carbocycles. The summed E-state index contributed by atoms with van der Waals surface area (Å²) in [5.41, 5.74) is 1.94. The van der Waals surface area contributed by atoms with Crippen LogP contribution in [0, 0.1) is 6.92 Å². The van der Waals surface area contributed by atoms with Gasteiger partial charge in [-0.2, -0.15) is 0 Å². The molecule has 0 spiro atoms. The zero-order chi connectivity index (χ0) is 17.0. The molecule has 0 atom stereocenters. The molecule has 0 amide bonds. The summed E-state index contributed by atoms with van der Waals surface area (Å²) < 4.78 is 5.46. The molecule has 0 heterocycles. The Hall–Kier alpha value is -3.14. The van der Waals surface area contributed by atoms with E-state index in [1.165, 1.54) is 6.07 Å². The number of carbonyl (C=O) groups is 2. The Morgan fingerprint density at radius 2 is 1.62 bits per heavy atom. The first-order valence-electron chi connectivity index (χ1n) is 7.55. The lowest BCUT2D eigenvalue weighted by molar-refractivity contribution is 0.0978. The Labute approximate surface area is 138 Å². The summed E-state index contributed by atoms with van der Waals surface area (Å²) in [4.78, 5) is 25.9. The Bertz CT molecular complexity index is 1050. The van der Waals surface area contributed by atoms with Crippen molar-refractivity contribution in [1.82, 2.24) is 0 Å². The highest BCUT2D eigenvalue weighted by molar-refractivity contribution is 6.33. The molecule has 0 radical (unpaired) electrons. The van der Waals surface area contributed by atoms with Gasteiger partial charge in [-0.05, 0) is 36.1 Å². The summed E-state index contributed by atoms with van der Waals surface area (Å²) in [5.74, 6) is -0.232. The van der Waals surface area contributed by atoms with Crippen LogP contribution in [0.4, 0.5) is 0 Å². The third-order valence-electron chi connectivity index (χ3n) is 4.43. The second-order valence-electron chi connectivity index (χ2n) is 5.91. The normalized spacial score (nSPS) is 12.9. The van der Waals surface area contributed by atoms with Gasteiger partial charge < -0.3 is 9.84 Å². The molecule has 4 rings (SSSR count). The van der Waals surface area contributed by atoms with Crippen LogP contribution in [-0.4, -0.2) is 23.8 Å². The fourth-order valence-electron chi connectivity index (χ4n) is 3.39. The fourth-order valence-corrected chi connectivity index (χ4v) is 3.39. The number of ketones is 2. The van der Waals surface area contributed by atoms with E-state index in [9.17, 15) is 14.7 Å². The summed E-state index contributed by atoms with van der Waals surface area (Å²) in [6, 6.07) is 11.8. The molecule has 0 aromatic heterocycles. The average molecular weight is 318 g/mol. The summed E-state index contributed by atoms with van der Waals surface area (Å²) >= 11 is 0. The lowest BCUT2D eigenvalue weighted by Crippen LogP contribution is -2.21. The van der Waals surface area contributed by atoms with Gasteiger partial charge in [-0.1, -0.05) is 24.3 Å². The number of phenolic OH excluding ortho intramolecular Hbond substituents is 1. The molecule has 4 nitrogen and oxygen atoms in total. The standard InChI is InChI=1S/C20H14O4/c1-10-8-11-6-7-13-18(16(11)15(9-10)24-2)20(23)12-4-3-5-14(21)17(12)19(13)22/h3-9,21H,1-2H3. The second kappa shape index (κ2) is 4.93. The van der Waals surface area contributed by atoms with E-state index in [1.807, 2.05) is 19.1 Å². The van der Waals surface area contributed by atoms with Crippen molar-refractivity contribution in [2.24, 2.45) is 0 Å². The molecule has 118 valence electrons. The van der Waals surface area contributed by atoms with Crippen LogP contribution in [0.15, 0.2) is 42.5 Å². The number of rotatable bonds is 1. The number of benzene rings is 3. The molecule has 0 saturated heterocycles. The van der Waals surface area contributed by atoms with E-state index in [2.05, 4.69) is 0 Å². The lowest BCUT2D eigenvalue weighted by atomic mass is 9.81. The smallest absolute Gasteiger partial charge is 0.198 e. The topological polar surface area (TPSA) is 63.6 Å². The van der Waals surface area contributed by atoms with Gasteiger partial charge >= 0.3 is 0 Å². The predicted octanol–water partition coefficient (Wildman–Crippen LogP) is 3.64. The summed E-state index contributed by atoms with van der Waals surface area (Å²) in [6.45, 7) is 1.95. The molecule has 24 heavy (non-hydrogen) atoms. The van der Waals surface area contributed by atoms with Crippen molar-refractivity contribution < 1.29 is 19.4 Å². The number of hydrogen-bond acceptors (Lipinski definition) is 4. The number of phenols is 1. The van der Waals surface area contributed by atoms with E-state index < -0.39 is 0 Å². The maximum absolute atomic E-state index is 13.1. The average Bonchev–Trinajstić information content (AvgIpc) is 2.57. The zero-order valence-corrected chi connectivity index (χ0v) is 13.2. The monoisotopic (exact) mass is 318 g/mol. The summed E-state index contributed by atoms with van der Waals surface area (Å²) in [7, 11) is 1.54. The minimum atomic E-state index is -0.345. The molecular weight excluding hydrogens is 304 g/mol. The number of aryl methyl sites for hydroxylation is 1. The van der Waals surface area contributed by atoms with E-state index >= 15 is 0 Å². The van der Waals surface area contributed by atoms with Gasteiger partial charge in [0.25, 0.3) is 0 Å². The SMILES string of the molecule is COc1cc(C)cc2ccc3c(c12)C(=O)c1cccc(O)c1C3=O. The quantitative estimate of drug-likeness (QED) is 0.582. The summed E-state index contributed by atoms with van der Waals surface area (Å²) in [6.07, 6.45) is 0. The van der Waals surface area contributed by atoms with Crippen molar-refractivity contribution in [3.8, 4) is 11.5 Å². The molecule has 0 bridgehead atoms. The Kier molecular flexibility index (Phi) is 2.97. The van der Waals surface area contributed by atoms with Crippen LogP contribution >= 0.6 is 0 Å². The predicted molar refractivity (Wildman–Crippen MR) is 90.2 cm³/mol. The van der Waals surface area contributed by atoms with Crippen LogP contribution in [0.25, 0.3) is 10.8 Å². The lowest BCUT2D eigenvalue weighted by Gasteiger charge is -2.21. The van der Waals surface area contributed by atoms with Crippen LogP contribution in [0.5, 0.6) is 11.5 Å². The van der Waals surface area contributed by atoms with Gasteiger partial charge in [0, 0.05) is 22.1 Å². The third-order valence-corrected chi connectivity index (χ3v) is 4.43. The highest BCUT2D eigenvalue weighted by Gasteiger charge is 2.33. The highest BCUT2D eigenvalue weighted by Crippen LogP contribution is 2.39. The Morgan fingerprint density at radius 1 is 0.917 bits per heavy atom. The van der Waals surface area contributed by atoms with Gasteiger partial charge in [-0.3, -0.25) is 9.59 Å². The minimum absolute atomic E-state index is 0.0698. The largest absolute Gasteiger partial charge is 0.507 e. The zero-order valence-electron chi connectivity index (χ0n) is 13.2. The van der Waals surface area contributed by atoms with Crippen molar-refractivity contribution in [2.75, 3.05) is 7.11 Å². The van der Waals surface area contributed by atoms with E-state index in [0.29, 0.717) is 22.3 Å². The van der Waals surface area contributed by atoms with Crippen molar-refractivity contribution in [3.05, 3.63) is 70.3 Å². The first-order chi connectivity index (χ1) is 11.5. The van der Waals surface area contributed by atoms with Gasteiger partial charge in [0.05, 0.1) is 12.7 Å². The number of ether oxygens (including phenoxy) is 1. The van der Waals surface area contributed by atoms with Crippen molar-refractivity contribution in [2.45, 2.75) is 6.92 Å². The second-order valence-corrected chi connectivity index (χ2v) is 5.91. The number of methoxy groups -OCH3 is 1. The minimum Gasteiger partial charge on any atom is -0.507 e. The van der Waals surface area contributed by atoms with Gasteiger partial charge in [0.1, 0.15) is 11.5 Å². The van der Waals surface area contributed by atoms with Crippen LogP contribution in [0.2, 0.25) is 0 Å². The van der Waals surface area contributed by atoms with Gasteiger partial charge in [-0.15, -0.1) is 0 Å². The number of aromatic hydroxyl groups is 1. The van der Waals surface area contributed by atoms with Crippen LogP contribution in [0.1, 0.15) is 37.4 Å². The first-order valence-corrected chi connectivity index (χ1v) is 7.55. The Balaban J connectivity index is 2.15. The van der Waals surface area contributed by atoms with Crippen molar-refractivity contribution in [1.29, 1.82) is 0 Å². The first kappa shape index (κ1) is 14.5. The third kappa shape index (κ3) is 1.80. The molecule has 3 aromatic carbocycles. The van der Waals surface area contributed by atoms with E-state index in [4.69, 9.17) is 4.74 Å². The van der Waals surface area contributed by atoms with E-state index in [1.54, 1.807) is 31.4 Å². The van der Waals surface area contributed by atoms with Crippen LogP contribution < -0.4 is 4.74 Å². The number of hydrogen-bond donors (Lipinski definition) is 1. The molecule has 0 saturated carbocycles.